The summed E-state index contributed by atoms with van der Waals surface area (Å²) in [7, 11) is 0. The van der Waals surface area contributed by atoms with Crippen LogP contribution >= 0.6 is 0 Å². The molecule has 3 N–H and O–H groups in total. The lowest BCUT2D eigenvalue weighted by Gasteiger charge is -2.35. The zero-order valence-electron chi connectivity index (χ0n) is 43.5. The molecule has 4 atom stereocenters. The summed E-state index contributed by atoms with van der Waals surface area (Å²) in [5.41, 5.74) is 16.1. The van der Waals surface area contributed by atoms with Gasteiger partial charge in [-0.2, -0.15) is 0 Å². The van der Waals surface area contributed by atoms with E-state index in [2.05, 4.69) is 91.7 Å². The Morgan fingerprint density at radius 1 is 0.662 bits per heavy atom. The Labute approximate surface area is 419 Å². The maximum absolute atomic E-state index is 12.9. The number of amides is 3. The molecule has 9 rings (SSSR count). The van der Waals surface area contributed by atoms with Gasteiger partial charge in [0, 0.05) is 75.9 Å². The van der Waals surface area contributed by atoms with Gasteiger partial charge in [-0.05, 0) is 146 Å². The molecule has 4 fully saturated rings. The highest BCUT2D eigenvalue weighted by Gasteiger charge is 2.44. The van der Waals surface area contributed by atoms with Gasteiger partial charge in [-0.1, -0.05) is 41.6 Å². The Kier molecular flexibility index (Phi) is 14.5. The predicted molar refractivity (Wildman–Crippen MR) is 277 cm³/mol. The van der Waals surface area contributed by atoms with Crippen LogP contribution in [-0.4, -0.2) is 115 Å². The van der Waals surface area contributed by atoms with Gasteiger partial charge < -0.3 is 40.1 Å². The molecule has 16 heteroatoms. The van der Waals surface area contributed by atoms with Gasteiger partial charge in [0.1, 0.15) is 11.2 Å². The second kappa shape index (κ2) is 20.3. The standard InChI is InChI=1S/C31H41N7O3.C24H32N4O2/c1-20-12-22(8-9-23(20)14-33-28(39)26-19-38(35-34-26)30(2,3)4)25-10-11-32-15-27(25)36-16-21-13-24(18-36)37(17-21)29(40)41-31(5,6)7;1-16-9-18(5-6-19(16)11-25)21-7-8-26-12-22(21)27-13-17-10-20(15-27)28(14-17)23(29)30-24(2,3)4/h8-12,15,19,21,24H,13-14,16-18H2,1-7H3,(H,33,39);5-9,12,17,20H,10-11,13-15,25H2,1-4H3. The zero-order valence-corrected chi connectivity index (χ0v) is 43.5. The Morgan fingerprint density at radius 3 is 1.56 bits per heavy atom. The zero-order chi connectivity index (χ0) is 51.0. The largest absolute Gasteiger partial charge is 0.444 e. The van der Waals surface area contributed by atoms with Crippen molar-refractivity contribution >= 4 is 29.5 Å². The van der Waals surface area contributed by atoms with Crippen molar-refractivity contribution in [2.24, 2.45) is 17.6 Å². The fourth-order valence-corrected chi connectivity index (χ4v) is 10.3. The highest BCUT2D eigenvalue weighted by molar-refractivity contribution is 5.92. The number of hydrogen-bond acceptors (Lipinski definition) is 12. The van der Waals surface area contributed by atoms with E-state index in [0.717, 1.165) is 85.7 Å². The van der Waals surface area contributed by atoms with Gasteiger partial charge >= 0.3 is 12.2 Å². The molecule has 4 aliphatic heterocycles. The van der Waals surface area contributed by atoms with Crippen LogP contribution in [0.4, 0.5) is 21.0 Å². The first-order valence-electron chi connectivity index (χ1n) is 25.0. The molecule has 2 aromatic carbocycles. The number of benzene rings is 2. The van der Waals surface area contributed by atoms with Crippen molar-refractivity contribution in [3.05, 3.63) is 107 Å². The monoisotopic (exact) mass is 968 g/mol. The number of fused-ring (bicyclic) bond motifs is 4. The van der Waals surface area contributed by atoms with Gasteiger partial charge in [0.15, 0.2) is 5.69 Å². The molecule has 4 bridgehead atoms. The van der Waals surface area contributed by atoms with Crippen molar-refractivity contribution in [2.75, 3.05) is 49.1 Å². The SMILES string of the molecule is Cc1cc(-c2ccncc2N2CC3CC(C2)N(C(=O)OC(C)(C)C)C3)ccc1CN.Cc1cc(-c2ccncc2N2CC3CC(C2)N(C(=O)OC(C)(C)C)C3)ccc1CNC(=O)c1cn(C(C)(C)C)nn1. The number of ether oxygens (including phenoxy) is 2. The summed E-state index contributed by atoms with van der Waals surface area (Å²) < 4.78 is 13.0. The number of rotatable bonds is 8. The number of nitrogens with two attached hydrogens (primary N) is 1. The minimum absolute atomic E-state index is 0.120. The number of carbonyl (C=O) groups is 3. The van der Waals surface area contributed by atoms with E-state index in [9.17, 15) is 14.4 Å². The first kappa shape index (κ1) is 50.8. The van der Waals surface area contributed by atoms with E-state index in [4.69, 9.17) is 15.2 Å². The number of nitrogens with zero attached hydrogens (tertiary/aromatic N) is 9. The molecule has 0 spiro atoms. The highest BCUT2D eigenvalue weighted by atomic mass is 16.6. The van der Waals surface area contributed by atoms with Crippen LogP contribution in [0.5, 0.6) is 0 Å². The van der Waals surface area contributed by atoms with Crippen molar-refractivity contribution in [1.29, 1.82) is 0 Å². The van der Waals surface area contributed by atoms with E-state index >= 15 is 0 Å². The second-order valence-corrected chi connectivity index (χ2v) is 22.8. The molecule has 4 aliphatic rings. The molecule has 4 unspecified atom stereocenters. The number of pyridine rings is 2. The molecule has 3 amide bonds. The van der Waals surface area contributed by atoms with Gasteiger partial charge in [-0.3, -0.25) is 14.8 Å². The van der Waals surface area contributed by atoms with Gasteiger partial charge in [-0.15, -0.1) is 5.10 Å². The van der Waals surface area contributed by atoms with E-state index in [0.29, 0.717) is 30.6 Å². The number of likely N-dealkylation sites (tertiary alicyclic amines) is 2. The Balaban J connectivity index is 0.000000200. The third kappa shape index (κ3) is 12.0. The summed E-state index contributed by atoms with van der Waals surface area (Å²) >= 11 is 0. The predicted octanol–water partition coefficient (Wildman–Crippen LogP) is 8.74. The molecule has 7 heterocycles. The summed E-state index contributed by atoms with van der Waals surface area (Å²) in [5.74, 6) is 0.596. The highest BCUT2D eigenvalue weighted by Crippen LogP contribution is 2.40. The van der Waals surface area contributed by atoms with Crippen LogP contribution in [0.2, 0.25) is 0 Å². The fourth-order valence-electron chi connectivity index (χ4n) is 10.3. The fraction of sp³-hybridized carbons (Fsp3) is 0.509. The van der Waals surface area contributed by atoms with Crippen molar-refractivity contribution in [2.45, 2.75) is 131 Å². The number of nitrogens with one attached hydrogen (secondary N) is 1. The molecule has 71 heavy (non-hydrogen) atoms. The maximum atomic E-state index is 12.9. The minimum Gasteiger partial charge on any atom is -0.444 e. The van der Waals surface area contributed by atoms with E-state index in [1.807, 2.05) is 103 Å². The number of anilines is 2. The van der Waals surface area contributed by atoms with Crippen molar-refractivity contribution in [1.82, 2.24) is 40.1 Å². The van der Waals surface area contributed by atoms with Crippen LogP contribution in [-0.2, 0) is 28.1 Å². The average Bonchev–Trinajstić information content (AvgIpc) is 4.02. The summed E-state index contributed by atoms with van der Waals surface area (Å²) in [6.45, 7) is 27.4. The summed E-state index contributed by atoms with van der Waals surface area (Å²) in [5, 5.41) is 11.1. The summed E-state index contributed by atoms with van der Waals surface area (Å²) in [6.07, 6.45) is 10.8. The summed E-state index contributed by atoms with van der Waals surface area (Å²) in [6, 6.07) is 17.2. The smallest absolute Gasteiger partial charge is 0.410 e. The lowest BCUT2D eigenvalue weighted by atomic mass is 9.96. The van der Waals surface area contributed by atoms with E-state index in [-0.39, 0.29) is 35.7 Å². The molecule has 3 aromatic heterocycles. The Morgan fingerprint density at radius 2 is 1.14 bits per heavy atom. The number of carbonyl (C=O) groups excluding carboxylic acids is 3. The number of hydrogen-bond donors (Lipinski definition) is 2. The number of aromatic nitrogens is 5. The van der Waals surface area contributed by atoms with Gasteiger partial charge in [0.25, 0.3) is 5.91 Å². The molecule has 5 aromatic rings. The van der Waals surface area contributed by atoms with Crippen molar-refractivity contribution < 1.29 is 23.9 Å². The molecule has 378 valence electrons. The van der Waals surface area contributed by atoms with Gasteiger partial charge in [-0.25, -0.2) is 14.3 Å². The van der Waals surface area contributed by atoms with Crippen molar-refractivity contribution in [3.8, 4) is 22.3 Å². The lowest BCUT2D eigenvalue weighted by Crippen LogP contribution is -2.45. The van der Waals surface area contributed by atoms with Crippen LogP contribution in [0, 0.1) is 25.7 Å². The molecule has 0 radical (unpaired) electrons. The summed E-state index contributed by atoms with van der Waals surface area (Å²) in [4.78, 5) is 55.7. The van der Waals surface area contributed by atoms with Crippen LogP contribution in [0.3, 0.4) is 0 Å². The average molecular weight is 968 g/mol. The minimum atomic E-state index is -0.511. The van der Waals surface area contributed by atoms with Crippen LogP contribution in [0.1, 0.15) is 108 Å². The van der Waals surface area contributed by atoms with Crippen molar-refractivity contribution in [3.63, 3.8) is 0 Å². The Bertz CT molecular complexity index is 2740. The number of aryl methyl sites for hydroxylation is 2. The van der Waals surface area contributed by atoms with E-state index in [1.165, 1.54) is 22.3 Å². The first-order valence-corrected chi connectivity index (χ1v) is 25.0. The van der Waals surface area contributed by atoms with Crippen LogP contribution < -0.4 is 20.9 Å². The number of piperidine rings is 2. The Hall–Kier alpha value is -6.55. The molecular weight excluding hydrogens is 895 g/mol. The normalized spacial score (nSPS) is 19.8. The first-order chi connectivity index (χ1) is 33.5. The quantitative estimate of drug-likeness (QED) is 0.151. The molecule has 0 aliphatic carbocycles. The molecule has 4 saturated heterocycles. The third-order valence-corrected chi connectivity index (χ3v) is 13.7. The lowest BCUT2D eigenvalue weighted by molar-refractivity contribution is 0.0222. The van der Waals surface area contributed by atoms with Gasteiger partial charge in [0.05, 0.1) is 47.6 Å². The molecule has 16 nitrogen and oxygen atoms in total. The van der Waals surface area contributed by atoms with E-state index < -0.39 is 11.2 Å². The topological polar surface area (TPSA) is 177 Å². The maximum Gasteiger partial charge on any atom is 0.410 e. The van der Waals surface area contributed by atoms with Crippen LogP contribution in [0.25, 0.3) is 22.3 Å². The third-order valence-electron chi connectivity index (χ3n) is 13.7. The molecular formula is C55H73N11O5. The van der Waals surface area contributed by atoms with Gasteiger partial charge in [0.2, 0.25) is 0 Å². The second-order valence-electron chi connectivity index (χ2n) is 22.8. The van der Waals surface area contributed by atoms with E-state index in [1.54, 1.807) is 10.9 Å². The molecule has 0 saturated carbocycles. The van der Waals surface area contributed by atoms with Crippen LogP contribution in [0.15, 0.2) is 79.5 Å².